The third kappa shape index (κ3) is 2.81. The molecular formula is C17H26N4O2S. The van der Waals surface area contributed by atoms with Gasteiger partial charge in [0, 0.05) is 25.3 Å². The van der Waals surface area contributed by atoms with Gasteiger partial charge in [-0.05, 0) is 38.0 Å². The topological polar surface area (TPSA) is 78.3 Å². The number of rotatable bonds is 4. The maximum Gasteiger partial charge on any atom is 0.227 e. The summed E-state index contributed by atoms with van der Waals surface area (Å²) in [4.78, 5) is 12.5. The van der Waals surface area contributed by atoms with Crippen LogP contribution in [0.25, 0.3) is 0 Å². The normalized spacial score (nSPS) is 26.1. The van der Waals surface area contributed by atoms with Crippen molar-refractivity contribution in [3.05, 3.63) is 5.69 Å². The van der Waals surface area contributed by atoms with E-state index in [-0.39, 0.29) is 12.1 Å². The van der Waals surface area contributed by atoms with Crippen molar-refractivity contribution in [3.8, 4) is 0 Å². The second kappa shape index (κ2) is 6.26. The number of aromatic nitrogens is 2. The van der Waals surface area contributed by atoms with Crippen molar-refractivity contribution in [2.24, 2.45) is 5.92 Å². The number of hydrogen-bond acceptors (Lipinski definition) is 6. The van der Waals surface area contributed by atoms with Crippen LogP contribution in [-0.2, 0) is 17.2 Å². The molecule has 0 aromatic carbocycles. The molecule has 1 aliphatic carbocycles. The van der Waals surface area contributed by atoms with Gasteiger partial charge in [-0.2, -0.15) is 4.98 Å². The average molecular weight is 350 g/mol. The molecule has 4 rings (SSSR count). The van der Waals surface area contributed by atoms with Gasteiger partial charge in [0.05, 0.1) is 28.6 Å². The summed E-state index contributed by atoms with van der Waals surface area (Å²) in [6.07, 6.45) is 6.06. The largest absolute Gasteiger partial charge is 0.394 e. The van der Waals surface area contributed by atoms with Crippen LogP contribution < -0.4 is 10.2 Å². The fraction of sp³-hybridized carbons (Fsp3) is 0.765. The van der Waals surface area contributed by atoms with Gasteiger partial charge in [-0.25, -0.2) is 4.98 Å². The lowest BCUT2D eigenvalue weighted by molar-refractivity contribution is 0.143. The molecule has 3 heterocycles. The third-order valence-corrected chi connectivity index (χ3v) is 7.20. The molecule has 2 fully saturated rings. The minimum absolute atomic E-state index is 0.0922. The highest BCUT2D eigenvalue weighted by atomic mass is 32.2. The van der Waals surface area contributed by atoms with E-state index in [1.807, 2.05) is 0 Å². The minimum Gasteiger partial charge on any atom is -0.394 e. The molecule has 6 nitrogen and oxygen atoms in total. The van der Waals surface area contributed by atoms with Crippen LogP contribution in [0.5, 0.6) is 0 Å². The summed E-state index contributed by atoms with van der Waals surface area (Å²) in [5.74, 6) is 2.84. The second-order valence-corrected chi connectivity index (χ2v) is 9.04. The van der Waals surface area contributed by atoms with Gasteiger partial charge in [0.15, 0.2) is 0 Å². The van der Waals surface area contributed by atoms with E-state index in [0.717, 1.165) is 74.1 Å². The Hall–Kier alpha value is -1.21. The Morgan fingerprint density at radius 2 is 2.08 bits per heavy atom. The quantitative estimate of drug-likeness (QED) is 0.861. The third-order valence-electron chi connectivity index (χ3n) is 5.74. The first kappa shape index (κ1) is 16.3. The number of nitrogens with one attached hydrogen (secondary N) is 1. The number of piperidine rings is 1. The van der Waals surface area contributed by atoms with E-state index in [2.05, 4.69) is 17.1 Å². The Morgan fingerprint density at radius 1 is 1.33 bits per heavy atom. The average Bonchev–Trinajstić information content (AvgIpc) is 2.93. The molecule has 0 bridgehead atoms. The number of aryl methyl sites for hydroxylation is 1. The summed E-state index contributed by atoms with van der Waals surface area (Å²) in [6, 6.07) is 0. The number of fused-ring (bicyclic) bond motifs is 1. The highest BCUT2D eigenvalue weighted by Gasteiger charge is 2.39. The fourth-order valence-electron chi connectivity index (χ4n) is 3.80. The molecule has 7 heteroatoms. The standard InChI is InChI=1S/C17H26N4O2S/c1-12-3-8-21(9-4-12)16-18-13-5-10-24(23)14(13)15(19-16)20-17(11-22)6-2-7-17/h12,22H,2-11H2,1H3,(H,18,19,20). The predicted octanol–water partition coefficient (Wildman–Crippen LogP) is 1.70. The van der Waals surface area contributed by atoms with Crippen molar-refractivity contribution in [2.75, 3.05) is 35.7 Å². The molecule has 1 aromatic rings. The Kier molecular flexibility index (Phi) is 4.24. The van der Waals surface area contributed by atoms with E-state index in [4.69, 9.17) is 9.97 Å². The van der Waals surface area contributed by atoms with Crippen molar-refractivity contribution in [2.45, 2.75) is 55.9 Å². The number of nitrogens with zero attached hydrogens (tertiary/aromatic N) is 3. The Morgan fingerprint density at radius 3 is 2.71 bits per heavy atom. The maximum atomic E-state index is 12.4. The minimum atomic E-state index is -1.03. The van der Waals surface area contributed by atoms with E-state index in [1.54, 1.807) is 0 Å². The lowest BCUT2D eigenvalue weighted by atomic mass is 9.77. The van der Waals surface area contributed by atoms with Crippen molar-refractivity contribution in [3.63, 3.8) is 0 Å². The predicted molar refractivity (Wildman–Crippen MR) is 94.9 cm³/mol. The molecule has 0 amide bonds. The fourth-order valence-corrected chi connectivity index (χ4v) is 5.10. The van der Waals surface area contributed by atoms with Gasteiger partial charge < -0.3 is 15.3 Å². The summed E-state index contributed by atoms with van der Waals surface area (Å²) < 4.78 is 12.4. The van der Waals surface area contributed by atoms with E-state index >= 15 is 0 Å². The molecule has 3 aliphatic rings. The molecular weight excluding hydrogens is 324 g/mol. The molecule has 0 spiro atoms. The lowest BCUT2D eigenvalue weighted by Gasteiger charge is -2.41. The molecule has 2 aliphatic heterocycles. The Balaban J connectivity index is 1.67. The molecule has 132 valence electrons. The van der Waals surface area contributed by atoms with Crippen LogP contribution >= 0.6 is 0 Å². The van der Waals surface area contributed by atoms with Gasteiger partial charge >= 0.3 is 0 Å². The number of aliphatic hydroxyl groups is 1. The Bertz CT molecular complexity index is 649. The molecule has 0 radical (unpaired) electrons. The van der Waals surface area contributed by atoms with Crippen molar-refractivity contribution in [1.82, 2.24) is 9.97 Å². The zero-order valence-electron chi connectivity index (χ0n) is 14.3. The molecule has 1 unspecified atom stereocenters. The second-order valence-electron chi connectivity index (χ2n) is 7.53. The maximum absolute atomic E-state index is 12.4. The van der Waals surface area contributed by atoms with Crippen LogP contribution in [0.3, 0.4) is 0 Å². The highest BCUT2D eigenvalue weighted by molar-refractivity contribution is 7.85. The SMILES string of the molecule is CC1CCN(c2nc3c(c(NC4(CO)CCC4)n2)S(=O)CC3)CC1. The van der Waals surface area contributed by atoms with E-state index < -0.39 is 10.8 Å². The van der Waals surface area contributed by atoms with Gasteiger partial charge in [-0.1, -0.05) is 6.92 Å². The van der Waals surface area contributed by atoms with Crippen LogP contribution in [0, 0.1) is 5.92 Å². The number of anilines is 2. The number of aliphatic hydroxyl groups excluding tert-OH is 1. The zero-order chi connectivity index (χ0) is 16.7. The molecule has 1 aromatic heterocycles. The van der Waals surface area contributed by atoms with Gasteiger partial charge in [0.1, 0.15) is 10.7 Å². The van der Waals surface area contributed by atoms with Gasteiger partial charge in [-0.3, -0.25) is 4.21 Å². The van der Waals surface area contributed by atoms with E-state index in [0.29, 0.717) is 11.6 Å². The van der Waals surface area contributed by atoms with Crippen molar-refractivity contribution < 1.29 is 9.32 Å². The van der Waals surface area contributed by atoms with Gasteiger partial charge in [-0.15, -0.1) is 0 Å². The zero-order valence-corrected chi connectivity index (χ0v) is 15.1. The first-order valence-electron chi connectivity index (χ1n) is 9.03. The van der Waals surface area contributed by atoms with Crippen molar-refractivity contribution >= 4 is 22.6 Å². The van der Waals surface area contributed by atoms with Gasteiger partial charge in [0.2, 0.25) is 5.95 Å². The summed E-state index contributed by atoms with van der Waals surface area (Å²) in [5.41, 5.74) is 0.634. The van der Waals surface area contributed by atoms with E-state index in [9.17, 15) is 9.32 Å². The van der Waals surface area contributed by atoms with E-state index in [1.165, 1.54) is 0 Å². The molecule has 1 atom stereocenters. The van der Waals surface area contributed by atoms with Crippen LogP contribution in [-0.4, -0.2) is 50.3 Å². The van der Waals surface area contributed by atoms with Crippen LogP contribution in [0.2, 0.25) is 0 Å². The molecule has 1 saturated heterocycles. The smallest absolute Gasteiger partial charge is 0.227 e. The van der Waals surface area contributed by atoms with Crippen molar-refractivity contribution in [1.29, 1.82) is 0 Å². The first-order valence-corrected chi connectivity index (χ1v) is 10.4. The summed E-state index contributed by atoms with van der Waals surface area (Å²) in [5, 5.41) is 13.2. The van der Waals surface area contributed by atoms with Crippen LogP contribution in [0.4, 0.5) is 11.8 Å². The Labute approximate surface area is 145 Å². The summed E-state index contributed by atoms with van der Waals surface area (Å²) >= 11 is 0. The molecule has 24 heavy (non-hydrogen) atoms. The van der Waals surface area contributed by atoms with Gasteiger partial charge in [0.25, 0.3) is 0 Å². The summed E-state index contributed by atoms with van der Waals surface area (Å²) in [7, 11) is -1.03. The first-order chi connectivity index (χ1) is 11.6. The highest BCUT2D eigenvalue weighted by Crippen LogP contribution is 2.38. The molecule has 2 N–H and O–H groups in total. The van der Waals surface area contributed by atoms with Crippen LogP contribution in [0.1, 0.15) is 44.7 Å². The monoisotopic (exact) mass is 350 g/mol. The summed E-state index contributed by atoms with van der Waals surface area (Å²) in [6.45, 7) is 4.34. The van der Waals surface area contributed by atoms with Crippen LogP contribution in [0.15, 0.2) is 4.90 Å². The number of hydrogen-bond donors (Lipinski definition) is 2. The lowest BCUT2D eigenvalue weighted by Crippen LogP contribution is -2.48. The molecule has 1 saturated carbocycles.